The van der Waals surface area contributed by atoms with E-state index in [9.17, 15) is 33.1 Å². The molecule has 3 aliphatic carbocycles. The van der Waals surface area contributed by atoms with E-state index in [0.29, 0.717) is 41.8 Å². The maximum atomic E-state index is 13.8. The number of aryl methyl sites for hydroxylation is 2. The standard InChI is InChI=1S/C42H46F2N10O6/c1-51-32-21-25(4-5-30(32)54(40(51)59)31-6-7-33(55)48-36(31)58)3-2-16-52-17-19-53(20-18-52)39-45-15-8-29(47-39)37-49-38(50-60-37)42-12-9-41(10-13-42,11-14-42)24-46-35(57)26-22-27(43)34(56)28(44)23-26/h4-5,8,15,21-23,31,56H,2-3,6-7,9-14,16-20,24H2,1H3,(H,46,57)(H,48,55,58)/t31-,41?,42?/m1/s1. The SMILES string of the molecule is Cn1c(=O)n([C@@H]2CCC(=O)NC2=O)c2ccc(CCCN3CCN(c4nccc(-c5nc(C67CCC(CNC(=O)c8cc(F)c(O)c(F)c8)(CC6)CC7)no5)n4)CC3)cc21. The van der Waals surface area contributed by atoms with Crippen molar-refractivity contribution in [2.45, 2.75) is 75.7 Å². The van der Waals surface area contributed by atoms with E-state index in [1.165, 1.54) is 4.57 Å². The maximum absolute atomic E-state index is 13.8. The monoisotopic (exact) mass is 824 g/mol. The summed E-state index contributed by atoms with van der Waals surface area (Å²) in [6, 6.07) is 8.67. The molecule has 0 radical (unpaired) electrons. The van der Waals surface area contributed by atoms with Crippen LogP contribution >= 0.6 is 0 Å². The van der Waals surface area contributed by atoms with E-state index in [-0.39, 0.29) is 34.4 Å². The van der Waals surface area contributed by atoms with E-state index in [2.05, 4.69) is 30.6 Å². The van der Waals surface area contributed by atoms with Gasteiger partial charge in [0.05, 0.1) is 11.0 Å². The minimum Gasteiger partial charge on any atom is -0.503 e. The molecule has 18 heteroatoms. The Bertz CT molecular complexity index is 2510. The fraction of sp³-hybridized carbons (Fsp3) is 0.476. The summed E-state index contributed by atoms with van der Waals surface area (Å²) >= 11 is 0. The molecule has 0 spiro atoms. The van der Waals surface area contributed by atoms with Crippen LogP contribution in [-0.2, 0) is 28.5 Å². The third-order valence-corrected chi connectivity index (χ3v) is 13.3. The molecule has 16 nitrogen and oxygen atoms in total. The van der Waals surface area contributed by atoms with Crippen LogP contribution in [0.2, 0.25) is 0 Å². The Labute approximate surface area is 343 Å². The van der Waals surface area contributed by atoms with E-state index in [4.69, 9.17) is 14.5 Å². The summed E-state index contributed by atoms with van der Waals surface area (Å²) in [6.45, 7) is 4.51. The van der Waals surface area contributed by atoms with Crippen molar-refractivity contribution in [3.63, 3.8) is 0 Å². The highest BCUT2D eigenvalue weighted by Crippen LogP contribution is 2.57. The Morgan fingerprint density at radius 1 is 0.967 bits per heavy atom. The summed E-state index contributed by atoms with van der Waals surface area (Å²) < 4.78 is 36.5. The van der Waals surface area contributed by atoms with Crippen molar-refractivity contribution in [3.05, 3.63) is 81.7 Å². The smallest absolute Gasteiger partial charge is 0.329 e. The molecular weight excluding hydrogens is 779 g/mol. The number of rotatable bonds is 11. The zero-order valence-electron chi connectivity index (χ0n) is 33.3. The zero-order valence-corrected chi connectivity index (χ0v) is 33.3. The van der Waals surface area contributed by atoms with Gasteiger partial charge >= 0.3 is 5.69 Å². The highest BCUT2D eigenvalue weighted by molar-refractivity contribution is 6.00. The number of phenols is 1. The largest absolute Gasteiger partial charge is 0.503 e. The number of anilines is 1. The summed E-state index contributed by atoms with van der Waals surface area (Å²) in [7, 11) is 1.71. The summed E-state index contributed by atoms with van der Waals surface area (Å²) in [5.41, 5.74) is 2.30. The van der Waals surface area contributed by atoms with E-state index < -0.39 is 35.2 Å². The van der Waals surface area contributed by atoms with Crippen molar-refractivity contribution in [3.8, 4) is 17.3 Å². The van der Waals surface area contributed by atoms with Crippen molar-refractivity contribution < 1.29 is 32.8 Å². The lowest BCUT2D eigenvalue weighted by molar-refractivity contribution is -0.135. The number of hydrogen-bond acceptors (Lipinski definition) is 12. The zero-order chi connectivity index (χ0) is 41.8. The van der Waals surface area contributed by atoms with Gasteiger partial charge in [0.2, 0.25) is 17.8 Å². The second kappa shape index (κ2) is 15.5. The molecule has 314 valence electrons. The summed E-state index contributed by atoms with van der Waals surface area (Å²) in [5, 5.41) is 19.0. The van der Waals surface area contributed by atoms with Gasteiger partial charge in [-0.15, -0.1) is 0 Å². The van der Waals surface area contributed by atoms with Gasteiger partial charge in [-0.1, -0.05) is 11.2 Å². The van der Waals surface area contributed by atoms with Crippen LogP contribution in [0.1, 0.15) is 85.6 Å². The van der Waals surface area contributed by atoms with E-state index in [1.807, 2.05) is 18.2 Å². The Morgan fingerprint density at radius 2 is 1.70 bits per heavy atom. The molecule has 2 saturated heterocycles. The average molecular weight is 825 g/mol. The van der Waals surface area contributed by atoms with Crippen molar-refractivity contribution in [2.75, 3.05) is 44.2 Å². The van der Waals surface area contributed by atoms with E-state index >= 15 is 0 Å². The third-order valence-electron chi connectivity index (χ3n) is 13.3. The van der Waals surface area contributed by atoms with Crippen molar-refractivity contribution >= 4 is 34.7 Å². The topological polar surface area (TPSA) is 194 Å². The third kappa shape index (κ3) is 7.30. The number of imidazole rings is 1. The predicted molar refractivity (Wildman–Crippen MR) is 213 cm³/mol. The first-order valence-corrected chi connectivity index (χ1v) is 20.6. The van der Waals surface area contributed by atoms with Gasteiger partial charge in [0.1, 0.15) is 11.7 Å². The number of phenolic OH excluding ortho intramolecular Hbond substituents is 1. The Morgan fingerprint density at radius 3 is 2.42 bits per heavy atom. The average Bonchev–Trinajstić information content (AvgIpc) is 3.86. The van der Waals surface area contributed by atoms with E-state index in [0.717, 1.165) is 107 Å². The second-order valence-electron chi connectivity index (χ2n) is 16.9. The van der Waals surface area contributed by atoms with Crippen LogP contribution in [0.3, 0.4) is 0 Å². The number of benzene rings is 2. The predicted octanol–water partition coefficient (Wildman–Crippen LogP) is 3.92. The number of carbonyl (C=O) groups excluding carboxylic acids is 3. The fourth-order valence-electron chi connectivity index (χ4n) is 9.57. The fourth-order valence-corrected chi connectivity index (χ4v) is 9.57. The molecule has 1 atom stereocenters. The molecule has 5 aliphatic rings. The highest BCUT2D eigenvalue weighted by atomic mass is 19.1. The second-order valence-corrected chi connectivity index (χ2v) is 16.9. The van der Waals surface area contributed by atoms with Gasteiger partial charge < -0.3 is 19.8 Å². The molecule has 2 bridgehead atoms. The molecule has 3 saturated carbocycles. The molecule has 60 heavy (non-hydrogen) atoms. The first-order valence-electron chi connectivity index (χ1n) is 20.6. The molecule has 3 N–H and O–H groups in total. The number of nitrogens with one attached hydrogen (secondary N) is 2. The number of hydrogen-bond donors (Lipinski definition) is 3. The van der Waals surface area contributed by atoms with Gasteiger partial charge in [-0.2, -0.15) is 4.98 Å². The minimum atomic E-state index is -1.17. The summed E-state index contributed by atoms with van der Waals surface area (Å²) in [4.78, 5) is 68.9. The van der Waals surface area contributed by atoms with Crippen LogP contribution in [0.4, 0.5) is 14.7 Å². The van der Waals surface area contributed by atoms with Gasteiger partial charge in [-0.3, -0.25) is 33.7 Å². The molecule has 3 amide bonds. The quantitative estimate of drug-likeness (QED) is 0.163. The lowest BCUT2D eigenvalue weighted by atomic mass is 9.53. The van der Waals surface area contributed by atoms with Crippen LogP contribution in [0, 0.1) is 17.0 Å². The molecule has 10 rings (SSSR count). The molecule has 5 fully saturated rings. The highest BCUT2D eigenvalue weighted by Gasteiger charge is 2.51. The Kier molecular flexibility index (Phi) is 10.2. The van der Waals surface area contributed by atoms with Crippen LogP contribution in [-0.4, -0.2) is 96.2 Å². The van der Waals surface area contributed by atoms with Crippen LogP contribution in [0.25, 0.3) is 22.6 Å². The van der Waals surface area contributed by atoms with Gasteiger partial charge in [0.25, 0.3) is 11.8 Å². The number of carbonyl (C=O) groups is 3. The van der Waals surface area contributed by atoms with Gasteiger partial charge in [-0.25, -0.2) is 23.5 Å². The van der Waals surface area contributed by atoms with Crippen LogP contribution in [0.5, 0.6) is 5.75 Å². The normalized spacial score (nSPS) is 23.3. The number of aromatic hydroxyl groups is 1. The maximum Gasteiger partial charge on any atom is 0.329 e. The number of amides is 3. The summed E-state index contributed by atoms with van der Waals surface area (Å²) in [5.74, 6) is -3.18. The molecule has 0 unspecified atom stereocenters. The van der Waals surface area contributed by atoms with Crippen molar-refractivity contribution in [1.29, 1.82) is 0 Å². The number of imide groups is 1. The first kappa shape index (κ1) is 39.4. The molecule has 3 aromatic heterocycles. The first-order chi connectivity index (χ1) is 28.9. The lowest BCUT2D eigenvalue weighted by Crippen LogP contribution is -2.49. The number of piperazine rings is 1. The van der Waals surface area contributed by atoms with E-state index in [1.54, 1.807) is 23.9 Å². The number of aromatic nitrogens is 6. The number of piperidine rings is 1. The Balaban J connectivity index is 0.762. The number of halogens is 2. The molecule has 2 aromatic carbocycles. The molecule has 5 heterocycles. The molecule has 2 aliphatic heterocycles. The van der Waals surface area contributed by atoms with Crippen LogP contribution in [0.15, 0.2) is 51.9 Å². The molecular formula is C42H46F2N10O6. The molecule has 5 aromatic rings. The number of nitrogens with zero attached hydrogens (tertiary/aromatic N) is 8. The van der Waals surface area contributed by atoms with Crippen molar-refractivity contribution in [1.82, 2.24) is 44.8 Å². The summed E-state index contributed by atoms with van der Waals surface area (Å²) in [6.07, 6.45) is 8.94. The van der Waals surface area contributed by atoms with Gasteiger partial charge in [0.15, 0.2) is 23.2 Å². The van der Waals surface area contributed by atoms with Gasteiger partial charge in [-0.05, 0) is 106 Å². The minimum absolute atomic E-state index is 0.128. The lowest BCUT2D eigenvalue weighted by Gasteiger charge is -2.52. The van der Waals surface area contributed by atoms with Gasteiger partial charge in [0, 0.05) is 63.4 Å². The van der Waals surface area contributed by atoms with Crippen molar-refractivity contribution in [2.24, 2.45) is 12.5 Å². The van der Waals surface area contributed by atoms with Crippen LogP contribution < -0.4 is 21.2 Å². The number of fused-ring (bicyclic) bond motifs is 4. The Hall–Kier alpha value is -6.04.